The van der Waals surface area contributed by atoms with Crippen molar-refractivity contribution >= 4 is 6.09 Å². The van der Waals surface area contributed by atoms with E-state index < -0.39 is 6.09 Å². The molecule has 1 aromatic rings. The fourth-order valence-corrected chi connectivity index (χ4v) is 1.95. The number of allylic oxidation sites excluding steroid dienone is 1. The summed E-state index contributed by atoms with van der Waals surface area (Å²) in [6.07, 6.45) is 2.59. The molecule has 0 atom stereocenters. The van der Waals surface area contributed by atoms with Crippen molar-refractivity contribution in [2.24, 2.45) is 0 Å². The Morgan fingerprint density at radius 2 is 2.16 bits per heavy atom. The molecule has 0 bridgehead atoms. The molecule has 1 N–H and O–H groups in total. The second kappa shape index (κ2) is 6.05. The number of amides is 1. The molecule has 0 unspecified atom stereocenters. The predicted octanol–water partition coefficient (Wildman–Crippen LogP) is 2.44. The Hall–Kier alpha value is -2.28. The summed E-state index contributed by atoms with van der Waals surface area (Å²) in [6.45, 7) is 3.06. The molecule has 1 aromatic heterocycles. The molecule has 1 aliphatic rings. The number of hydrogen-bond acceptors (Lipinski definition) is 2. The molecule has 0 aromatic carbocycles. The summed E-state index contributed by atoms with van der Waals surface area (Å²) < 4.78 is 0. The number of likely N-dealkylation sites (tertiary alicyclic amines) is 1. The van der Waals surface area contributed by atoms with Gasteiger partial charge in [-0.1, -0.05) is 17.6 Å². The average Bonchev–Trinajstić information content (AvgIpc) is 2.39. The van der Waals surface area contributed by atoms with Crippen molar-refractivity contribution in [3.63, 3.8) is 0 Å². The smallest absolute Gasteiger partial charge is 0.407 e. The molecule has 0 radical (unpaired) electrons. The molecule has 0 aliphatic carbocycles. The zero-order valence-electron chi connectivity index (χ0n) is 10.9. The molecule has 98 valence electrons. The van der Waals surface area contributed by atoms with Crippen LogP contribution in [0.15, 0.2) is 29.8 Å². The van der Waals surface area contributed by atoms with Crippen LogP contribution >= 0.6 is 0 Å². The van der Waals surface area contributed by atoms with Gasteiger partial charge in [-0.3, -0.25) is 0 Å². The summed E-state index contributed by atoms with van der Waals surface area (Å²) in [5.74, 6) is 6.00. The van der Waals surface area contributed by atoms with Crippen LogP contribution in [0.4, 0.5) is 4.79 Å². The van der Waals surface area contributed by atoms with Gasteiger partial charge in [0.05, 0.1) is 0 Å². The first-order valence-electron chi connectivity index (χ1n) is 6.26. The van der Waals surface area contributed by atoms with E-state index in [0.717, 1.165) is 24.2 Å². The van der Waals surface area contributed by atoms with Crippen molar-refractivity contribution < 1.29 is 9.90 Å². The van der Waals surface area contributed by atoms with Crippen LogP contribution in [0.3, 0.4) is 0 Å². The summed E-state index contributed by atoms with van der Waals surface area (Å²) in [5, 5.41) is 8.85. The van der Waals surface area contributed by atoms with Crippen molar-refractivity contribution in [3.05, 3.63) is 41.2 Å². The molecule has 1 aliphatic heterocycles. The minimum atomic E-state index is -0.839. The number of pyridine rings is 1. The highest BCUT2D eigenvalue weighted by molar-refractivity contribution is 5.65. The van der Waals surface area contributed by atoms with Gasteiger partial charge in [0.1, 0.15) is 5.69 Å². The maximum absolute atomic E-state index is 10.8. The minimum Gasteiger partial charge on any atom is -0.465 e. The third-order valence-corrected chi connectivity index (χ3v) is 3.04. The lowest BCUT2D eigenvalue weighted by Gasteiger charge is -2.25. The van der Waals surface area contributed by atoms with Crippen LogP contribution in [-0.4, -0.2) is 34.2 Å². The van der Waals surface area contributed by atoms with E-state index in [1.807, 2.05) is 31.2 Å². The molecule has 2 rings (SSSR count). The van der Waals surface area contributed by atoms with Gasteiger partial charge in [0.2, 0.25) is 0 Å². The van der Waals surface area contributed by atoms with E-state index in [2.05, 4.69) is 16.8 Å². The lowest BCUT2D eigenvalue weighted by molar-refractivity contribution is 0.141. The molecule has 1 saturated heterocycles. The van der Waals surface area contributed by atoms with Crippen molar-refractivity contribution in [1.82, 2.24) is 9.88 Å². The third-order valence-electron chi connectivity index (χ3n) is 3.04. The monoisotopic (exact) mass is 256 g/mol. The SMILES string of the molecule is Cc1cccc(C#CC=C2CCN(C(=O)O)CC2)n1. The summed E-state index contributed by atoms with van der Waals surface area (Å²) in [4.78, 5) is 16.5. The normalized spacial score (nSPS) is 14.6. The number of carboxylic acid groups (broad SMARTS) is 1. The van der Waals surface area contributed by atoms with E-state index in [9.17, 15) is 4.79 Å². The molecule has 0 saturated carbocycles. The van der Waals surface area contributed by atoms with Crippen LogP contribution in [0, 0.1) is 18.8 Å². The number of carbonyl (C=O) groups is 1. The molecule has 4 heteroatoms. The topological polar surface area (TPSA) is 53.4 Å². The lowest BCUT2D eigenvalue weighted by Crippen LogP contribution is -2.35. The van der Waals surface area contributed by atoms with E-state index >= 15 is 0 Å². The third kappa shape index (κ3) is 3.85. The largest absolute Gasteiger partial charge is 0.465 e. The maximum Gasteiger partial charge on any atom is 0.407 e. The fourth-order valence-electron chi connectivity index (χ4n) is 1.95. The summed E-state index contributed by atoms with van der Waals surface area (Å²) in [6, 6.07) is 5.75. The minimum absolute atomic E-state index is 0.561. The highest BCUT2D eigenvalue weighted by Gasteiger charge is 2.17. The Bertz CT molecular complexity index is 557. The zero-order valence-corrected chi connectivity index (χ0v) is 10.9. The second-order valence-corrected chi connectivity index (χ2v) is 4.51. The van der Waals surface area contributed by atoms with Gasteiger partial charge in [-0.2, -0.15) is 0 Å². The lowest BCUT2D eigenvalue weighted by atomic mass is 10.0. The Kier molecular flexibility index (Phi) is 4.19. The Morgan fingerprint density at radius 1 is 1.42 bits per heavy atom. The van der Waals surface area contributed by atoms with Gasteiger partial charge < -0.3 is 10.0 Å². The van der Waals surface area contributed by atoms with E-state index in [4.69, 9.17) is 5.11 Å². The zero-order chi connectivity index (χ0) is 13.7. The number of piperidine rings is 1. The molecule has 0 spiro atoms. The Labute approximate surface area is 112 Å². The first-order chi connectivity index (χ1) is 9.15. The van der Waals surface area contributed by atoms with Crippen molar-refractivity contribution in [1.29, 1.82) is 0 Å². The van der Waals surface area contributed by atoms with Gasteiger partial charge in [-0.05, 0) is 43.9 Å². The molecular formula is C15H16N2O2. The second-order valence-electron chi connectivity index (χ2n) is 4.51. The van der Waals surface area contributed by atoms with Gasteiger partial charge in [-0.15, -0.1) is 0 Å². The molecule has 1 amide bonds. The van der Waals surface area contributed by atoms with Gasteiger partial charge in [0.15, 0.2) is 0 Å². The van der Waals surface area contributed by atoms with Crippen LogP contribution in [0.1, 0.15) is 24.2 Å². The highest BCUT2D eigenvalue weighted by Crippen LogP contribution is 2.15. The summed E-state index contributed by atoms with van der Waals surface area (Å²) in [5.41, 5.74) is 2.92. The predicted molar refractivity (Wildman–Crippen MR) is 72.8 cm³/mol. The van der Waals surface area contributed by atoms with Gasteiger partial charge >= 0.3 is 6.09 Å². The summed E-state index contributed by atoms with van der Waals surface area (Å²) >= 11 is 0. The average molecular weight is 256 g/mol. The van der Waals surface area contributed by atoms with E-state index in [0.29, 0.717) is 13.1 Å². The molecule has 2 heterocycles. The number of nitrogens with zero attached hydrogens (tertiary/aromatic N) is 2. The number of rotatable bonds is 0. The first kappa shape index (κ1) is 13.2. The molecule has 19 heavy (non-hydrogen) atoms. The van der Waals surface area contributed by atoms with Gasteiger partial charge in [-0.25, -0.2) is 9.78 Å². The van der Waals surface area contributed by atoms with Crippen LogP contribution in [-0.2, 0) is 0 Å². The van der Waals surface area contributed by atoms with Crippen molar-refractivity contribution in [2.75, 3.05) is 13.1 Å². The highest BCUT2D eigenvalue weighted by atomic mass is 16.4. The summed E-state index contributed by atoms with van der Waals surface area (Å²) in [7, 11) is 0. The number of aryl methyl sites for hydroxylation is 1. The standard InChI is InChI=1S/C15H16N2O2/c1-12-4-2-6-14(16-12)7-3-5-13-8-10-17(11-9-13)15(18)19/h2,4-6H,8-11H2,1H3,(H,18,19). The van der Waals surface area contributed by atoms with Gasteiger partial charge in [0, 0.05) is 18.8 Å². The van der Waals surface area contributed by atoms with Crippen LogP contribution < -0.4 is 0 Å². The van der Waals surface area contributed by atoms with Crippen LogP contribution in [0.2, 0.25) is 0 Å². The quantitative estimate of drug-likeness (QED) is 0.725. The fraction of sp³-hybridized carbons (Fsp3) is 0.333. The number of hydrogen-bond donors (Lipinski definition) is 1. The molecule has 1 fully saturated rings. The Balaban J connectivity index is 1.96. The van der Waals surface area contributed by atoms with E-state index in [1.54, 1.807) is 0 Å². The van der Waals surface area contributed by atoms with Crippen molar-refractivity contribution in [3.8, 4) is 11.8 Å². The van der Waals surface area contributed by atoms with Crippen molar-refractivity contribution in [2.45, 2.75) is 19.8 Å². The van der Waals surface area contributed by atoms with E-state index in [1.165, 1.54) is 10.5 Å². The molecule has 4 nitrogen and oxygen atoms in total. The number of aromatic nitrogens is 1. The van der Waals surface area contributed by atoms with E-state index in [-0.39, 0.29) is 0 Å². The van der Waals surface area contributed by atoms with Crippen LogP contribution in [0.25, 0.3) is 0 Å². The van der Waals surface area contributed by atoms with Gasteiger partial charge in [0.25, 0.3) is 0 Å². The first-order valence-corrected chi connectivity index (χ1v) is 6.26. The Morgan fingerprint density at radius 3 is 2.79 bits per heavy atom. The maximum atomic E-state index is 10.8. The molecular weight excluding hydrogens is 240 g/mol. The van der Waals surface area contributed by atoms with Crippen LogP contribution in [0.5, 0.6) is 0 Å².